The molecule has 3 aliphatic carbocycles. The number of hydrogen-bond acceptors (Lipinski definition) is 6. The molecular weight excluding hydrogens is 450 g/mol. The summed E-state index contributed by atoms with van der Waals surface area (Å²) >= 11 is 1.38. The van der Waals surface area contributed by atoms with E-state index in [9.17, 15) is 9.59 Å². The number of carbonyl (C=O) groups excluding carboxylic acids is 2. The maximum absolute atomic E-state index is 12.9. The molecule has 176 valence electrons. The quantitative estimate of drug-likeness (QED) is 0.538. The predicted octanol–water partition coefficient (Wildman–Crippen LogP) is 3.73. The number of benzene rings is 1. The molecule has 2 heterocycles. The summed E-state index contributed by atoms with van der Waals surface area (Å²) in [7, 11) is 0. The van der Waals surface area contributed by atoms with E-state index in [4.69, 9.17) is 10.5 Å². The molecule has 0 saturated heterocycles. The van der Waals surface area contributed by atoms with E-state index < -0.39 is 5.91 Å². The first-order valence-electron chi connectivity index (χ1n) is 11.8. The highest BCUT2D eigenvalue weighted by Crippen LogP contribution is 2.57. The smallest absolute Gasteiger partial charge is 0.264 e. The Kier molecular flexibility index (Phi) is 4.98. The summed E-state index contributed by atoms with van der Waals surface area (Å²) in [6.45, 7) is 1.92. The van der Waals surface area contributed by atoms with Gasteiger partial charge in [0.1, 0.15) is 11.1 Å². The number of hydrogen-bond donors (Lipinski definition) is 2. The fourth-order valence-corrected chi connectivity index (χ4v) is 6.38. The zero-order chi connectivity index (χ0) is 23.4. The van der Waals surface area contributed by atoms with Gasteiger partial charge in [-0.3, -0.25) is 9.59 Å². The number of ether oxygens (including phenoxy) is 1. The average molecular weight is 478 g/mol. The fourth-order valence-electron chi connectivity index (χ4n) is 5.36. The van der Waals surface area contributed by atoms with Crippen molar-refractivity contribution in [3.63, 3.8) is 0 Å². The fraction of sp³-hybridized carbons (Fsp3) is 0.440. The first-order valence-corrected chi connectivity index (χ1v) is 12.6. The Hall–Kier alpha value is -3.20. The molecule has 8 nitrogen and oxygen atoms in total. The molecule has 3 fully saturated rings. The van der Waals surface area contributed by atoms with Crippen molar-refractivity contribution in [2.45, 2.75) is 63.5 Å². The molecule has 0 bridgehead atoms. The molecule has 0 unspecified atom stereocenters. The maximum atomic E-state index is 12.9. The summed E-state index contributed by atoms with van der Waals surface area (Å²) in [6.07, 6.45) is 7.65. The molecule has 0 atom stereocenters. The van der Waals surface area contributed by atoms with E-state index in [0.29, 0.717) is 22.2 Å². The number of primary amides is 1. The van der Waals surface area contributed by atoms with Crippen LogP contribution in [0.3, 0.4) is 0 Å². The Morgan fingerprint density at radius 2 is 1.91 bits per heavy atom. The molecule has 1 spiro atoms. The summed E-state index contributed by atoms with van der Waals surface area (Å²) in [6, 6.07) is 9.96. The van der Waals surface area contributed by atoms with E-state index in [1.165, 1.54) is 11.3 Å². The molecule has 2 amide bonds. The van der Waals surface area contributed by atoms with Crippen molar-refractivity contribution in [1.29, 1.82) is 0 Å². The molecule has 3 aliphatic rings. The summed E-state index contributed by atoms with van der Waals surface area (Å²) in [4.78, 5) is 29.7. The summed E-state index contributed by atoms with van der Waals surface area (Å²) < 4.78 is 7.87. The topological polar surface area (TPSA) is 112 Å². The van der Waals surface area contributed by atoms with E-state index in [1.54, 1.807) is 10.9 Å². The van der Waals surface area contributed by atoms with Crippen LogP contribution in [0.15, 0.2) is 36.5 Å². The number of carbonyl (C=O) groups is 2. The first kappa shape index (κ1) is 21.3. The van der Waals surface area contributed by atoms with Gasteiger partial charge in [-0.1, -0.05) is 18.2 Å². The highest BCUT2D eigenvalue weighted by Gasteiger charge is 2.54. The minimum absolute atomic E-state index is 0.0512. The largest absolute Gasteiger partial charge is 0.473 e. The summed E-state index contributed by atoms with van der Waals surface area (Å²) in [5.74, 6) is 0.334. The third-order valence-electron chi connectivity index (χ3n) is 7.31. The van der Waals surface area contributed by atoms with Crippen LogP contribution in [0.2, 0.25) is 0 Å². The summed E-state index contributed by atoms with van der Waals surface area (Å²) in [5.41, 5.74) is 8.12. The first-order chi connectivity index (χ1) is 16.4. The molecule has 6 rings (SSSR count). The zero-order valence-corrected chi connectivity index (χ0v) is 19.8. The number of para-hydroxylation sites is 1. The van der Waals surface area contributed by atoms with Crippen LogP contribution in [-0.2, 0) is 0 Å². The van der Waals surface area contributed by atoms with Crippen molar-refractivity contribution in [3.8, 4) is 11.6 Å². The van der Waals surface area contributed by atoms with Gasteiger partial charge in [-0.2, -0.15) is 5.10 Å². The van der Waals surface area contributed by atoms with Gasteiger partial charge >= 0.3 is 0 Å². The van der Waals surface area contributed by atoms with E-state index in [0.717, 1.165) is 54.9 Å². The number of thiazole rings is 1. The van der Waals surface area contributed by atoms with Gasteiger partial charge in [-0.05, 0) is 63.0 Å². The van der Waals surface area contributed by atoms with Gasteiger partial charge in [-0.25, -0.2) is 9.67 Å². The molecule has 0 aliphatic heterocycles. The van der Waals surface area contributed by atoms with Crippen molar-refractivity contribution >= 4 is 23.2 Å². The SMILES string of the molecule is Cc1c(C(=O)NC2CC3(C2)CC(Oc2nc(C4CC4)sc2C(N)=O)C3)cnn1-c1ccccc1. The second-order valence-electron chi connectivity index (χ2n) is 9.94. The second-order valence-corrected chi connectivity index (χ2v) is 11.0. The molecule has 3 aromatic rings. The Labute approximate surface area is 201 Å². The lowest BCUT2D eigenvalue weighted by Gasteiger charge is -2.57. The van der Waals surface area contributed by atoms with Crippen LogP contribution in [-0.4, -0.2) is 38.7 Å². The summed E-state index contributed by atoms with van der Waals surface area (Å²) in [5, 5.41) is 8.54. The van der Waals surface area contributed by atoms with E-state index >= 15 is 0 Å². The van der Waals surface area contributed by atoms with Gasteiger partial charge in [0.15, 0.2) is 4.88 Å². The van der Waals surface area contributed by atoms with Crippen LogP contribution in [0.25, 0.3) is 5.69 Å². The van der Waals surface area contributed by atoms with E-state index in [1.807, 2.05) is 37.3 Å². The number of nitrogens with zero attached hydrogens (tertiary/aromatic N) is 3. The molecule has 34 heavy (non-hydrogen) atoms. The lowest BCUT2D eigenvalue weighted by molar-refractivity contribution is -0.0846. The molecule has 3 saturated carbocycles. The minimum atomic E-state index is -0.467. The van der Waals surface area contributed by atoms with Crippen molar-refractivity contribution in [2.75, 3.05) is 0 Å². The maximum Gasteiger partial charge on any atom is 0.264 e. The monoisotopic (exact) mass is 477 g/mol. The number of rotatable bonds is 7. The van der Waals surface area contributed by atoms with Crippen LogP contribution in [0.1, 0.15) is 75.2 Å². The van der Waals surface area contributed by atoms with Gasteiger partial charge in [0.25, 0.3) is 11.8 Å². The van der Waals surface area contributed by atoms with Crippen LogP contribution in [0.4, 0.5) is 0 Å². The Morgan fingerprint density at radius 3 is 2.59 bits per heavy atom. The highest BCUT2D eigenvalue weighted by molar-refractivity contribution is 7.14. The zero-order valence-electron chi connectivity index (χ0n) is 19.0. The van der Waals surface area contributed by atoms with Crippen molar-refractivity contribution in [1.82, 2.24) is 20.1 Å². The number of aromatic nitrogens is 3. The van der Waals surface area contributed by atoms with Crippen LogP contribution >= 0.6 is 11.3 Å². The number of nitrogens with two attached hydrogens (primary N) is 1. The molecule has 1 aromatic carbocycles. The van der Waals surface area contributed by atoms with Crippen LogP contribution < -0.4 is 15.8 Å². The van der Waals surface area contributed by atoms with Gasteiger partial charge in [0, 0.05) is 12.0 Å². The van der Waals surface area contributed by atoms with E-state index in [-0.39, 0.29) is 23.5 Å². The van der Waals surface area contributed by atoms with Crippen molar-refractivity contribution < 1.29 is 14.3 Å². The Balaban J connectivity index is 1.02. The van der Waals surface area contributed by atoms with Gasteiger partial charge in [0.2, 0.25) is 5.88 Å². The van der Waals surface area contributed by atoms with Gasteiger partial charge in [-0.15, -0.1) is 11.3 Å². The normalized spacial score (nSPS) is 25.4. The molecule has 3 N–H and O–H groups in total. The third kappa shape index (κ3) is 3.77. The molecular formula is C25H27N5O3S. The third-order valence-corrected chi connectivity index (χ3v) is 8.53. The number of amides is 2. The average Bonchev–Trinajstić information content (AvgIpc) is 3.42. The minimum Gasteiger partial charge on any atom is -0.473 e. The van der Waals surface area contributed by atoms with Crippen molar-refractivity contribution in [2.24, 2.45) is 11.1 Å². The Bertz CT molecular complexity index is 1250. The molecule has 0 radical (unpaired) electrons. The van der Waals surface area contributed by atoms with Gasteiger partial charge in [0.05, 0.1) is 23.1 Å². The molecule has 9 heteroatoms. The second kappa shape index (κ2) is 7.94. The molecule has 2 aromatic heterocycles. The lowest BCUT2D eigenvalue weighted by Crippen LogP contribution is -2.58. The standard InChI is InChI=1S/C25H27N5O3S/c1-14-19(13-27-30(14)17-5-3-2-4-6-17)22(32)28-16-9-25(10-16)11-18(12-25)33-23-20(21(26)31)34-24(29-23)15-7-8-15/h2-6,13,15-16,18H,7-12H2,1H3,(H2,26,31)(H,28,32). The van der Waals surface area contributed by atoms with Crippen molar-refractivity contribution in [3.05, 3.63) is 57.7 Å². The Morgan fingerprint density at radius 1 is 1.18 bits per heavy atom. The number of nitrogens with one attached hydrogen (secondary N) is 1. The van der Waals surface area contributed by atoms with Gasteiger partial charge < -0.3 is 15.8 Å². The van der Waals surface area contributed by atoms with E-state index in [2.05, 4.69) is 15.4 Å². The van der Waals surface area contributed by atoms with Crippen LogP contribution in [0, 0.1) is 12.3 Å². The lowest BCUT2D eigenvalue weighted by atomic mass is 9.53. The highest BCUT2D eigenvalue weighted by atomic mass is 32.1. The predicted molar refractivity (Wildman–Crippen MR) is 127 cm³/mol. The van der Waals surface area contributed by atoms with Crippen LogP contribution in [0.5, 0.6) is 5.88 Å².